The minimum Gasteiger partial charge on any atom is -0.463 e. The van der Waals surface area contributed by atoms with Gasteiger partial charge >= 0.3 is 0 Å². The van der Waals surface area contributed by atoms with Crippen LogP contribution in [0.1, 0.15) is 24.3 Å². The van der Waals surface area contributed by atoms with E-state index >= 15 is 0 Å². The molecule has 21 heavy (non-hydrogen) atoms. The maximum absolute atomic E-state index is 12.0. The quantitative estimate of drug-likeness (QED) is 0.696. The van der Waals surface area contributed by atoms with E-state index in [0.29, 0.717) is 12.8 Å². The Bertz CT molecular complexity index is 878. The van der Waals surface area contributed by atoms with Gasteiger partial charge < -0.3 is 4.42 Å². The van der Waals surface area contributed by atoms with Crippen LogP contribution in [0, 0.1) is 0 Å². The summed E-state index contributed by atoms with van der Waals surface area (Å²) >= 11 is 0. The maximum atomic E-state index is 12.0. The summed E-state index contributed by atoms with van der Waals surface area (Å²) in [6.07, 6.45) is 2.56. The normalized spacial score (nSPS) is 19.1. The molecule has 2 aromatic carbocycles. The molecule has 1 atom stereocenters. The third-order valence-electron chi connectivity index (χ3n) is 4.11. The first kappa shape index (κ1) is 12.1. The Balaban J connectivity index is 1.89. The summed E-state index contributed by atoms with van der Waals surface area (Å²) in [6, 6.07) is 12.0. The minimum atomic E-state index is -0.315. The first-order valence-electron chi connectivity index (χ1n) is 6.96. The molecule has 1 aromatic heterocycles. The molecule has 2 heterocycles. The van der Waals surface area contributed by atoms with Gasteiger partial charge in [0.2, 0.25) is 11.8 Å². The lowest BCUT2D eigenvalue weighted by molar-refractivity contribution is -0.134. The van der Waals surface area contributed by atoms with E-state index in [1.54, 1.807) is 6.26 Å². The number of rotatable bonds is 1. The molecule has 0 radical (unpaired) electrons. The van der Waals surface area contributed by atoms with Gasteiger partial charge in [0.15, 0.2) is 0 Å². The second-order valence-electron chi connectivity index (χ2n) is 5.36. The van der Waals surface area contributed by atoms with E-state index in [1.807, 2.05) is 36.4 Å². The lowest BCUT2D eigenvalue weighted by Gasteiger charge is -2.19. The van der Waals surface area contributed by atoms with Crippen LogP contribution >= 0.6 is 0 Å². The Hall–Kier alpha value is -2.62. The lowest BCUT2D eigenvalue weighted by atomic mass is 9.90. The van der Waals surface area contributed by atoms with E-state index in [1.165, 1.54) is 0 Å². The van der Waals surface area contributed by atoms with Crippen molar-refractivity contribution in [2.24, 2.45) is 0 Å². The Kier molecular flexibility index (Phi) is 2.57. The number of amides is 2. The molecular formula is C17H13NO3. The van der Waals surface area contributed by atoms with Gasteiger partial charge in [-0.1, -0.05) is 36.4 Å². The zero-order chi connectivity index (χ0) is 14.4. The largest absolute Gasteiger partial charge is 0.463 e. The van der Waals surface area contributed by atoms with Crippen LogP contribution in [0.25, 0.3) is 21.7 Å². The molecule has 104 valence electrons. The van der Waals surface area contributed by atoms with Crippen LogP contribution < -0.4 is 5.32 Å². The molecule has 1 saturated heterocycles. The number of nitrogens with one attached hydrogen (secondary N) is 1. The molecule has 0 saturated carbocycles. The van der Waals surface area contributed by atoms with Gasteiger partial charge in [-0.25, -0.2) is 0 Å². The number of piperidine rings is 1. The highest BCUT2D eigenvalue weighted by molar-refractivity contribution is 6.08. The zero-order valence-electron chi connectivity index (χ0n) is 11.3. The van der Waals surface area contributed by atoms with E-state index in [4.69, 9.17) is 4.42 Å². The Morgan fingerprint density at radius 1 is 1.05 bits per heavy atom. The van der Waals surface area contributed by atoms with Crippen molar-refractivity contribution in [3.63, 3.8) is 0 Å². The fourth-order valence-corrected chi connectivity index (χ4v) is 3.04. The van der Waals surface area contributed by atoms with Crippen molar-refractivity contribution in [1.82, 2.24) is 5.32 Å². The first-order chi connectivity index (χ1) is 10.2. The van der Waals surface area contributed by atoms with Crippen molar-refractivity contribution in [1.29, 1.82) is 0 Å². The van der Waals surface area contributed by atoms with Crippen molar-refractivity contribution >= 4 is 33.6 Å². The van der Waals surface area contributed by atoms with E-state index in [0.717, 1.165) is 27.3 Å². The molecule has 4 rings (SSSR count). The number of imide groups is 1. The lowest BCUT2D eigenvalue weighted by Crippen LogP contribution is -2.39. The topological polar surface area (TPSA) is 59.3 Å². The number of benzene rings is 2. The number of hydrogen-bond donors (Lipinski definition) is 1. The summed E-state index contributed by atoms with van der Waals surface area (Å²) < 4.78 is 5.73. The number of fused-ring (bicyclic) bond motifs is 3. The highest BCUT2D eigenvalue weighted by atomic mass is 16.3. The Morgan fingerprint density at radius 3 is 2.76 bits per heavy atom. The molecule has 1 aliphatic rings. The number of hydrogen-bond acceptors (Lipinski definition) is 3. The molecule has 4 nitrogen and oxygen atoms in total. The van der Waals surface area contributed by atoms with Crippen LogP contribution in [0.15, 0.2) is 47.1 Å². The first-order valence-corrected chi connectivity index (χ1v) is 6.96. The van der Waals surface area contributed by atoms with E-state index in [-0.39, 0.29) is 17.7 Å². The number of furan rings is 1. The molecule has 1 unspecified atom stereocenters. The SMILES string of the molecule is O=C1CCC(c2coc3c2ccc2ccccc23)C(=O)N1. The van der Waals surface area contributed by atoms with Gasteiger partial charge in [-0.05, 0) is 11.8 Å². The van der Waals surface area contributed by atoms with Crippen LogP contribution in [0.2, 0.25) is 0 Å². The molecule has 3 aromatic rings. The Morgan fingerprint density at radius 2 is 1.90 bits per heavy atom. The second-order valence-corrected chi connectivity index (χ2v) is 5.36. The van der Waals surface area contributed by atoms with Gasteiger partial charge in [0.1, 0.15) is 5.58 Å². The van der Waals surface area contributed by atoms with Crippen LogP contribution in [-0.2, 0) is 9.59 Å². The van der Waals surface area contributed by atoms with Crippen LogP contribution in [-0.4, -0.2) is 11.8 Å². The highest BCUT2D eigenvalue weighted by Gasteiger charge is 2.30. The third-order valence-corrected chi connectivity index (χ3v) is 4.11. The molecule has 1 N–H and O–H groups in total. The van der Waals surface area contributed by atoms with Gasteiger partial charge in [0.25, 0.3) is 0 Å². The summed E-state index contributed by atoms with van der Waals surface area (Å²) in [7, 11) is 0. The summed E-state index contributed by atoms with van der Waals surface area (Å²) in [6.45, 7) is 0. The van der Waals surface area contributed by atoms with Crippen molar-refractivity contribution < 1.29 is 14.0 Å². The minimum absolute atomic E-state index is 0.200. The Labute approximate surface area is 120 Å². The van der Waals surface area contributed by atoms with Gasteiger partial charge in [0, 0.05) is 22.8 Å². The third kappa shape index (κ3) is 1.83. The number of carbonyl (C=O) groups excluding carboxylic acids is 2. The van der Waals surface area contributed by atoms with Crippen molar-refractivity contribution in [3.05, 3.63) is 48.2 Å². The molecule has 1 fully saturated rings. The average Bonchev–Trinajstić information content (AvgIpc) is 2.91. The van der Waals surface area contributed by atoms with Crippen LogP contribution in [0.4, 0.5) is 0 Å². The van der Waals surface area contributed by atoms with Crippen molar-refractivity contribution in [2.75, 3.05) is 0 Å². The average molecular weight is 279 g/mol. The van der Waals surface area contributed by atoms with Gasteiger partial charge in [-0.3, -0.25) is 14.9 Å². The van der Waals surface area contributed by atoms with Crippen molar-refractivity contribution in [3.8, 4) is 0 Å². The summed E-state index contributed by atoms with van der Waals surface area (Å²) in [4.78, 5) is 23.3. The fraction of sp³-hybridized carbons (Fsp3) is 0.176. The van der Waals surface area contributed by atoms with Gasteiger partial charge in [-0.15, -0.1) is 0 Å². The molecule has 4 heteroatoms. The molecule has 0 bridgehead atoms. The molecule has 0 aliphatic carbocycles. The molecule has 2 amide bonds. The summed E-state index contributed by atoms with van der Waals surface area (Å²) in [5.74, 6) is -0.748. The standard InChI is InChI=1S/C17H13NO3/c19-15-8-7-13(17(20)18-15)14-9-21-16-11-4-2-1-3-10(11)5-6-12(14)16/h1-6,9,13H,7-8H2,(H,18,19,20). The molecule has 1 aliphatic heterocycles. The van der Waals surface area contributed by atoms with Gasteiger partial charge in [-0.2, -0.15) is 0 Å². The van der Waals surface area contributed by atoms with Gasteiger partial charge in [0.05, 0.1) is 12.2 Å². The van der Waals surface area contributed by atoms with E-state index in [2.05, 4.69) is 5.32 Å². The highest BCUT2D eigenvalue weighted by Crippen LogP contribution is 2.35. The fourth-order valence-electron chi connectivity index (χ4n) is 3.04. The van der Waals surface area contributed by atoms with E-state index in [9.17, 15) is 9.59 Å². The van der Waals surface area contributed by atoms with Crippen molar-refractivity contribution in [2.45, 2.75) is 18.8 Å². The summed E-state index contributed by atoms with van der Waals surface area (Å²) in [5, 5.41) is 5.49. The zero-order valence-corrected chi connectivity index (χ0v) is 11.3. The predicted octanol–water partition coefficient (Wildman–Crippen LogP) is 3.11. The second kappa shape index (κ2) is 4.45. The predicted molar refractivity (Wildman–Crippen MR) is 78.8 cm³/mol. The number of carbonyl (C=O) groups is 2. The van der Waals surface area contributed by atoms with Crippen LogP contribution in [0.3, 0.4) is 0 Å². The smallest absolute Gasteiger partial charge is 0.234 e. The van der Waals surface area contributed by atoms with E-state index < -0.39 is 0 Å². The monoisotopic (exact) mass is 279 g/mol. The van der Waals surface area contributed by atoms with Crippen LogP contribution in [0.5, 0.6) is 0 Å². The molecule has 0 spiro atoms. The molecular weight excluding hydrogens is 266 g/mol. The summed E-state index contributed by atoms with van der Waals surface area (Å²) in [5.41, 5.74) is 1.66. The maximum Gasteiger partial charge on any atom is 0.234 e.